The summed E-state index contributed by atoms with van der Waals surface area (Å²) < 4.78 is 6.97. The monoisotopic (exact) mass is 344 g/mol. The first kappa shape index (κ1) is 16.8. The zero-order chi connectivity index (χ0) is 16.9. The molecule has 3 rings (SSSR count). The fourth-order valence-corrected chi connectivity index (χ4v) is 3.41. The lowest BCUT2D eigenvalue weighted by atomic mass is 10.2. The van der Waals surface area contributed by atoms with Crippen molar-refractivity contribution in [3.8, 4) is 0 Å². The van der Waals surface area contributed by atoms with E-state index in [0.717, 1.165) is 21.7 Å². The van der Waals surface area contributed by atoms with E-state index in [1.807, 2.05) is 36.4 Å². The molecule has 0 bridgehead atoms. The van der Waals surface area contributed by atoms with Crippen LogP contribution >= 0.6 is 11.3 Å². The number of aryl methyl sites for hydroxylation is 1. The summed E-state index contributed by atoms with van der Waals surface area (Å²) in [6, 6.07) is 11.7. The summed E-state index contributed by atoms with van der Waals surface area (Å²) in [6.45, 7) is 2.84. The van der Waals surface area contributed by atoms with Crippen LogP contribution in [0.1, 0.15) is 17.4 Å². The largest absolute Gasteiger partial charge is 0.389 e. The zero-order valence-electron chi connectivity index (χ0n) is 13.5. The first-order valence-electron chi connectivity index (χ1n) is 7.95. The molecule has 1 aromatic carbocycles. The molecule has 1 N–H and O–H groups in total. The van der Waals surface area contributed by atoms with Gasteiger partial charge < -0.3 is 9.84 Å². The van der Waals surface area contributed by atoms with E-state index in [2.05, 4.69) is 11.9 Å². The molecule has 0 spiro atoms. The lowest BCUT2D eigenvalue weighted by Crippen LogP contribution is -2.29. The normalized spacial score (nSPS) is 12.6. The molecule has 0 saturated carbocycles. The quantitative estimate of drug-likeness (QED) is 0.715. The smallest absolute Gasteiger partial charge is 0.262 e. The zero-order valence-corrected chi connectivity index (χ0v) is 14.3. The fourth-order valence-electron chi connectivity index (χ4n) is 2.48. The maximum Gasteiger partial charge on any atom is 0.262 e. The van der Waals surface area contributed by atoms with E-state index in [1.165, 1.54) is 22.2 Å². The van der Waals surface area contributed by atoms with Gasteiger partial charge in [0.05, 0.1) is 37.6 Å². The number of aliphatic hydroxyl groups is 1. The number of hydrogen-bond donors (Lipinski definition) is 1. The number of ether oxygens (including phenoxy) is 1. The van der Waals surface area contributed by atoms with Gasteiger partial charge in [-0.2, -0.15) is 0 Å². The van der Waals surface area contributed by atoms with Crippen LogP contribution in [0.4, 0.5) is 0 Å². The number of hydrogen-bond acceptors (Lipinski definition) is 5. The molecule has 0 radical (unpaired) electrons. The van der Waals surface area contributed by atoms with E-state index in [9.17, 15) is 9.90 Å². The molecule has 0 aliphatic heterocycles. The second kappa shape index (κ2) is 7.70. The Kier molecular flexibility index (Phi) is 5.40. The first-order chi connectivity index (χ1) is 11.7. The van der Waals surface area contributed by atoms with E-state index in [0.29, 0.717) is 12.0 Å². The molecule has 6 heteroatoms. The van der Waals surface area contributed by atoms with Gasteiger partial charge in [0.2, 0.25) is 0 Å². The average Bonchev–Trinajstić information content (AvgIpc) is 3.03. The van der Waals surface area contributed by atoms with Gasteiger partial charge in [0.1, 0.15) is 4.83 Å². The third kappa shape index (κ3) is 3.90. The SMILES string of the molecule is CCc1cc2c(=O)n(C[C@H](O)COCc3ccccc3)cnc2s1. The van der Waals surface area contributed by atoms with Gasteiger partial charge in [-0.1, -0.05) is 37.3 Å². The highest BCUT2D eigenvalue weighted by Crippen LogP contribution is 2.20. The molecule has 24 heavy (non-hydrogen) atoms. The Labute approximate surface area is 144 Å². The number of aromatic nitrogens is 2. The van der Waals surface area contributed by atoms with Crippen LogP contribution in [-0.4, -0.2) is 27.4 Å². The fraction of sp³-hybridized carbons (Fsp3) is 0.333. The Morgan fingerprint density at radius 3 is 2.88 bits per heavy atom. The summed E-state index contributed by atoms with van der Waals surface area (Å²) in [7, 11) is 0. The number of benzene rings is 1. The van der Waals surface area contributed by atoms with Gasteiger partial charge in [-0.15, -0.1) is 11.3 Å². The molecular formula is C18H20N2O3S. The Bertz CT molecular complexity index is 858. The lowest BCUT2D eigenvalue weighted by molar-refractivity contribution is 0.0198. The molecule has 0 amide bonds. The van der Waals surface area contributed by atoms with Crippen molar-refractivity contribution in [2.75, 3.05) is 6.61 Å². The highest BCUT2D eigenvalue weighted by atomic mass is 32.1. The number of rotatable bonds is 7. The first-order valence-corrected chi connectivity index (χ1v) is 8.76. The highest BCUT2D eigenvalue weighted by molar-refractivity contribution is 7.18. The van der Waals surface area contributed by atoms with Crippen molar-refractivity contribution in [3.63, 3.8) is 0 Å². The van der Waals surface area contributed by atoms with Gasteiger partial charge >= 0.3 is 0 Å². The molecular weight excluding hydrogens is 324 g/mol. The van der Waals surface area contributed by atoms with Crippen LogP contribution in [0.2, 0.25) is 0 Å². The van der Waals surface area contributed by atoms with Crippen LogP contribution < -0.4 is 5.56 Å². The van der Waals surface area contributed by atoms with Crippen molar-refractivity contribution in [3.05, 3.63) is 63.5 Å². The van der Waals surface area contributed by atoms with E-state index in [1.54, 1.807) is 0 Å². The molecule has 5 nitrogen and oxygen atoms in total. The van der Waals surface area contributed by atoms with Crippen molar-refractivity contribution in [1.82, 2.24) is 9.55 Å². The highest BCUT2D eigenvalue weighted by Gasteiger charge is 2.11. The van der Waals surface area contributed by atoms with E-state index in [4.69, 9.17) is 4.74 Å². The van der Waals surface area contributed by atoms with Crippen LogP contribution in [0.15, 0.2) is 47.5 Å². The van der Waals surface area contributed by atoms with Crippen LogP contribution in [0.5, 0.6) is 0 Å². The van der Waals surface area contributed by atoms with Crippen LogP contribution in [0.25, 0.3) is 10.2 Å². The van der Waals surface area contributed by atoms with Crippen molar-refractivity contribution < 1.29 is 9.84 Å². The molecule has 0 unspecified atom stereocenters. The van der Waals surface area contributed by atoms with Gasteiger partial charge in [0.15, 0.2) is 0 Å². The third-order valence-corrected chi connectivity index (χ3v) is 4.93. The minimum Gasteiger partial charge on any atom is -0.389 e. The molecule has 2 heterocycles. The second-order valence-electron chi connectivity index (χ2n) is 5.64. The molecule has 3 aromatic rings. The van der Waals surface area contributed by atoms with Crippen LogP contribution in [0.3, 0.4) is 0 Å². The number of nitrogens with zero attached hydrogens (tertiary/aromatic N) is 2. The Balaban J connectivity index is 1.61. The molecule has 2 aromatic heterocycles. The summed E-state index contributed by atoms with van der Waals surface area (Å²) in [6.07, 6.45) is 1.63. The van der Waals surface area contributed by atoms with Gasteiger partial charge in [0.25, 0.3) is 5.56 Å². The standard InChI is InChI=1S/C18H20N2O3S/c1-2-15-8-16-17(24-15)19-12-20(18(16)22)9-14(21)11-23-10-13-6-4-3-5-7-13/h3-8,12,14,21H,2,9-11H2,1H3/t14-/m0/s1. The lowest BCUT2D eigenvalue weighted by Gasteiger charge is -2.13. The van der Waals surface area contributed by atoms with Crippen molar-refractivity contribution in [2.24, 2.45) is 0 Å². The topological polar surface area (TPSA) is 64.4 Å². The Hall–Kier alpha value is -2.02. The minimum absolute atomic E-state index is 0.113. The third-order valence-electron chi connectivity index (χ3n) is 3.75. The summed E-state index contributed by atoms with van der Waals surface area (Å²) in [5, 5.41) is 10.7. The van der Waals surface area contributed by atoms with E-state index < -0.39 is 6.10 Å². The summed E-state index contributed by atoms with van der Waals surface area (Å²) >= 11 is 1.54. The molecule has 0 saturated heterocycles. The number of aliphatic hydroxyl groups excluding tert-OH is 1. The number of thiophene rings is 1. The maximum atomic E-state index is 12.5. The predicted molar refractivity (Wildman–Crippen MR) is 95.4 cm³/mol. The molecule has 0 aliphatic rings. The van der Waals surface area contributed by atoms with E-state index in [-0.39, 0.29) is 18.7 Å². The predicted octanol–water partition coefficient (Wildman–Crippen LogP) is 2.60. The van der Waals surface area contributed by atoms with Gasteiger partial charge in [-0.05, 0) is 18.1 Å². The Morgan fingerprint density at radius 1 is 1.33 bits per heavy atom. The summed E-state index contributed by atoms with van der Waals surface area (Å²) in [4.78, 5) is 18.7. The van der Waals surface area contributed by atoms with Crippen LogP contribution in [0, 0.1) is 0 Å². The number of fused-ring (bicyclic) bond motifs is 1. The maximum absolute atomic E-state index is 12.5. The molecule has 0 aliphatic carbocycles. The van der Waals surface area contributed by atoms with Gasteiger partial charge in [0, 0.05) is 4.88 Å². The van der Waals surface area contributed by atoms with Crippen molar-refractivity contribution >= 4 is 21.6 Å². The molecule has 126 valence electrons. The average molecular weight is 344 g/mol. The van der Waals surface area contributed by atoms with Crippen molar-refractivity contribution in [2.45, 2.75) is 32.6 Å². The van der Waals surface area contributed by atoms with E-state index >= 15 is 0 Å². The van der Waals surface area contributed by atoms with Crippen LogP contribution in [-0.2, 0) is 24.3 Å². The summed E-state index contributed by atoms with van der Waals surface area (Å²) in [5.41, 5.74) is 0.938. The van der Waals surface area contributed by atoms with Gasteiger partial charge in [-0.3, -0.25) is 9.36 Å². The van der Waals surface area contributed by atoms with Gasteiger partial charge in [-0.25, -0.2) is 4.98 Å². The second-order valence-corrected chi connectivity index (χ2v) is 6.76. The summed E-state index contributed by atoms with van der Waals surface area (Å²) in [5.74, 6) is 0. The minimum atomic E-state index is -0.755. The molecule has 1 atom stereocenters. The Morgan fingerprint density at radius 2 is 2.12 bits per heavy atom. The molecule has 0 fully saturated rings. The van der Waals surface area contributed by atoms with Crippen molar-refractivity contribution in [1.29, 1.82) is 0 Å².